The first kappa shape index (κ1) is 22.6. The van der Waals surface area contributed by atoms with Crippen molar-refractivity contribution in [2.24, 2.45) is 11.8 Å². The standard InChI is InChI=1S/C20H42N2O/c1-12-17(21-18(8,9)15(4)5)20(11,14-3)22(23)19(10,13-2)16(6)7/h13,15-17,21-22H,2,12,14H2,1,3-11H3. The summed E-state index contributed by atoms with van der Waals surface area (Å²) in [7, 11) is 0. The largest absolute Gasteiger partial charge is 0.633 e. The van der Waals surface area contributed by atoms with Crippen molar-refractivity contribution >= 4 is 0 Å². The summed E-state index contributed by atoms with van der Waals surface area (Å²) in [6, 6.07) is 0.162. The smallest absolute Gasteiger partial charge is 0.116 e. The number of nitrogens with one attached hydrogen (secondary N) is 2. The van der Waals surface area contributed by atoms with E-state index in [-0.39, 0.29) is 17.5 Å². The molecule has 4 atom stereocenters. The lowest BCUT2D eigenvalue weighted by Gasteiger charge is -2.55. The summed E-state index contributed by atoms with van der Waals surface area (Å²) in [6.45, 7) is 25.6. The van der Waals surface area contributed by atoms with Crippen LogP contribution in [0.25, 0.3) is 0 Å². The lowest BCUT2D eigenvalue weighted by Crippen LogP contribution is -3.24. The van der Waals surface area contributed by atoms with Gasteiger partial charge in [-0.05, 0) is 46.1 Å². The van der Waals surface area contributed by atoms with E-state index in [9.17, 15) is 5.21 Å². The third-order valence-corrected chi connectivity index (χ3v) is 6.53. The molecular weight excluding hydrogens is 284 g/mol. The Morgan fingerprint density at radius 2 is 1.52 bits per heavy atom. The highest BCUT2D eigenvalue weighted by Crippen LogP contribution is 2.25. The van der Waals surface area contributed by atoms with E-state index in [2.05, 4.69) is 74.2 Å². The molecule has 23 heavy (non-hydrogen) atoms. The van der Waals surface area contributed by atoms with Crippen LogP contribution in [0.2, 0.25) is 0 Å². The first-order valence-electron chi connectivity index (χ1n) is 9.29. The molecule has 2 N–H and O–H groups in total. The molecular formula is C20H42N2O. The molecule has 0 spiro atoms. The van der Waals surface area contributed by atoms with Crippen LogP contribution in [0, 0.1) is 17.0 Å². The van der Waals surface area contributed by atoms with Crippen molar-refractivity contribution in [3.63, 3.8) is 0 Å². The van der Waals surface area contributed by atoms with Gasteiger partial charge in [0.2, 0.25) is 0 Å². The lowest BCUT2D eigenvalue weighted by atomic mass is 9.78. The van der Waals surface area contributed by atoms with Crippen molar-refractivity contribution in [2.45, 2.75) is 105 Å². The van der Waals surface area contributed by atoms with Crippen molar-refractivity contribution in [3.05, 3.63) is 17.9 Å². The van der Waals surface area contributed by atoms with Crippen LogP contribution in [0.5, 0.6) is 0 Å². The molecule has 138 valence electrons. The van der Waals surface area contributed by atoms with E-state index in [1.165, 1.54) is 0 Å². The van der Waals surface area contributed by atoms with Crippen molar-refractivity contribution < 1.29 is 5.06 Å². The maximum atomic E-state index is 13.5. The molecule has 0 aliphatic rings. The number of quaternary nitrogens is 1. The van der Waals surface area contributed by atoms with Gasteiger partial charge < -0.3 is 15.6 Å². The Bertz CT molecular complexity index is 378. The minimum atomic E-state index is -0.484. The summed E-state index contributed by atoms with van der Waals surface area (Å²) in [5.74, 6) is 0.748. The monoisotopic (exact) mass is 326 g/mol. The van der Waals surface area contributed by atoms with Gasteiger partial charge in [-0.3, -0.25) is 0 Å². The number of rotatable bonds is 10. The molecule has 0 heterocycles. The molecule has 0 rings (SSSR count). The Kier molecular flexibility index (Phi) is 8.00. The SMILES string of the molecule is C=CC(C)(C(C)C)[NH+]([O-])C(C)(CC)C(CC)NC(C)(C)C(C)C. The highest BCUT2D eigenvalue weighted by Gasteiger charge is 2.47. The fraction of sp³-hybridized carbons (Fsp3) is 0.900. The number of hydroxylamine groups is 2. The van der Waals surface area contributed by atoms with E-state index in [1.54, 1.807) is 0 Å². The van der Waals surface area contributed by atoms with Crippen LogP contribution >= 0.6 is 0 Å². The normalized spacial score (nSPS) is 20.9. The second-order valence-corrected chi connectivity index (χ2v) is 8.72. The molecule has 0 aliphatic heterocycles. The molecule has 3 heteroatoms. The lowest BCUT2D eigenvalue weighted by molar-refractivity contribution is -0.951. The van der Waals surface area contributed by atoms with E-state index >= 15 is 0 Å². The topological polar surface area (TPSA) is 39.5 Å². The Labute approximate surface area is 145 Å². The second kappa shape index (κ2) is 8.13. The van der Waals surface area contributed by atoms with E-state index < -0.39 is 11.1 Å². The van der Waals surface area contributed by atoms with Crippen molar-refractivity contribution in [1.82, 2.24) is 5.32 Å². The Balaban J connectivity index is 5.75. The summed E-state index contributed by atoms with van der Waals surface area (Å²) in [5, 5.41) is 17.6. The minimum absolute atomic E-state index is 0.000201. The highest BCUT2D eigenvalue weighted by atomic mass is 16.5. The van der Waals surface area contributed by atoms with Gasteiger partial charge in [-0.1, -0.05) is 48.1 Å². The molecule has 0 saturated carbocycles. The maximum Gasteiger partial charge on any atom is 0.116 e. The van der Waals surface area contributed by atoms with Crippen LogP contribution in [0.1, 0.15) is 82.1 Å². The van der Waals surface area contributed by atoms with Gasteiger partial charge in [-0.2, -0.15) is 0 Å². The predicted molar refractivity (Wildman–Crippen MR) is 103 cm³/mol. The summed E-state index contributed by atoms with van der Waals surface area (Å²) in [6.07, 6.45) is 3.63. The molecule has 0 amide bonds. The van der Waals surface area contributed by atoms with Crippen LogP contribution in [-0.2, 0) is 0 Å². The highest BCUT2D eigenvalue weighted by molar-refractivity contribution is 5.00. The quantitative estimate of drug-likeness (QED) is 0.471. The van der Waals surface area contributed by atoms with E-state index in [0.717, 1.165) is 12.8 Å². The molecule has 0 aromatic carbocycles. The van der Waals surface area contributed by atoms with Crippen LogP contribution in [0.4, 0.5) is 0 Å². The minimum Gasteiger partial charge on any atom is -0.633 e. The van der Waals surface area contributed by atoms with Crippen LogP contribution in [-0.4, -0.2) is 22.7 Å². The van der Waals surface area contributed by atoms with E-state index in [1.807, 2.05) is 13.0 Å². The molecule has 4 unspecified atom stereocenters. The summed E-state index contributed by atoms with van der Waals surface area (Å²) in [4.78, 5) is 0. The second-order valence-electron chi connectivity index (χ2n) is 8.72. The Morgan fingerprint density at radius 3 is 1.78 bits per heavy atom. The van der Waals surface area contributed by atoms with Gasteiger partial charge >= 0.3 is 0 Å². The summed E-state index contributed by atoms with van der Waals surface area (Å²) in [5.41, 5.74) is -0.879. The number of hydrogen-bond donors (Lipinski definition) is 2. The molecule has 0 radical (unpaired) electrons. The van der Waals surface area contributed by atoms with Gasteiger partial charge in [0.15, 0.2) is 0 Å². The van der Waals surface area contributed by atoms with Gasteiger partial charge in [0.1, 0.15) is 11.1 Å². The van der Waals surface area contributed by atoms with E-state index in [0.29, 0.717) is 11.0 Å². The molecule has 0 aromatic heterocycles. The van der Waals surface area contributed by atoms with Crippen LogP contribution in [0.3, 0.4) is 0 Å². The molecule has 0 fully saturated rings. The zero-order chi connectivity index (χ0) is 18.6. The third kappa shape index (κ3) is 4.58. The molecule has 0 bridgehead atoms. The van der Waals surface area contributed by atoms with Gasteiger partial charge in [0, 0.05) is 17.9 Å². The van der Waals surface area contributed by atoms with Gasteiger partial charge in [0.05, 0.1) is 6.04 Å². The molecule has 0 saturated heterocycles. The van der Waals surface area contributed by atoms with Crippen molar-refractivity contribution in [2.75, 3.05) is 0 Å². The first-order chi connectivity index (χ1) is 10.3. The molecule has 3 nitrogen and oxygen atoms in total. The van der Waals surface area contributed by atoms with Gasteiger partial charge in [0.25, 0.3) is 0 Å². The van der Waals surface area contributed by atoms with Gasteiger partial charge in [-0.15, -0.1) is 0 Å². The van der Waals surface area contributed by atoms with Gasteiger partial charge in [-0.25, -0.2) is 0 Å². The van der Waals surface area contributed by atoms with Crippen molar-refractivity contribution in [3.8, 4) is 0 Å². The van der Waals surface area contributed by atoms with Crippen LogP contribution < -0.4 is 10.4 Å². The summed E-state index contributed by atoms with van der Waals surface area (Å²) >= 11 is 0. The van der Waals surface area contributed by atoms with Crippen molar-refractivity contribution in [1.29, 1.82) is 0 Å². The summed E-state index contributed by atoms with van der Waals surface area (Å²) < 4.78 is 0. The maximum absolute atomic E-state index is 13.5. The zero-order valence-corrected chi connectivity index (χ0v) is 17.3. The fourth-order valence-electron chi connectivity index (χ4n) is 3.10. The molecule has 0 aliphatic carbocycles. The average Bonchev–Trinajstić information content (AvgIpc) is 2.49. The Hall–Kier alpha value is -0.380. The van der Waals surface area contributed by atoms with Crippen LogP contribution in [0.15, 0.2) is 12.7 Å². The molecule has 0 aromatic rings. The third-order valence-electron chi connectivity index (χ3n) is 6.53. The fourth-order valence-corrected chi connectivity index (χ4v) is 3.10. The number of hydrogen-bond acceptors (Lipinski definition) is 2. The Morgan fingerprint density at radius 1 is 1.04 bits per heavy atom. The first-order valence-corrected chi connectivity index (χ1v) is 9.29. The zero-order valence-electron chi connectivity index (χ0n) is 17.3. The van der Waals surface area contributed by atoms with E-state index in [4.69, 9.17) is 0 Å². The average molecular weight is 327 g/mol. The predicted octanol–water partition coefficient (Wildman–Crippen LogP) is 3.94.